The van der Waals surface area contributed by atoms with Crippen LogP contribution in [-0.4, -0.2) is 12.0 Å². The Morgan fingerprint density at radius 1 is 1.14 bits per heavy atom. The number of rotatable bonds is 5. The van der Waals surface area contributed by atoms with Gasteiger partial charge in [0.15, 0.2) is 5.76 Å². The van der Waals surface area contributed by atoms with Gasteiger partial charge in [-0.2, -0.15) is 0 Å². The Bertz CT molecular complexity index is 609. The second kappa shape index (κ2) is 6.14. The number of hydrogen-bond donors (Lipinski definition) is 1. The van der Waals surface area contributed by atoms with E-state index < -0.39 is 5.97 Å². The molecule has 0 unspecified atom stereocenters. The van der Waals surface area contributed by atoms with Crippen LogP contribution in [0.5, 0.6) is 0 Å². The highest BCUT2D eigenvalue weighted by Crippen LogP contribution is 2.22. The minimum absolute atomic E-state index is 0.181. The second-order valence-corrected chi connectivity index (χ2v) is 5.62. The average Bonchev–Trinajstić information content (AvgIpc) is 3.17. The number of aromatic carboxylic acids is 1. The number of carbonyl (C=O) groups is 1. The fourth-order valence-corrected chi connectivity index (χ4v) is 2.89. The van der Waals surface area contributed by atoms with Gasteiger partial charge in [-0.05, 0) is 43.4 Å². The van der Waals surface area contributed by atoms with E-state index in [0.29, 0.717) is 0 Å². The van der Waals surface area contributed by atoms with Crippen molar-refractivity contribution >= 4 is 5.97 Å². The normalized spacial score (nSPS) is 15.4. The summed E-state index contributed by atoms with van der Waals surface area (Å²) < 4.78 is 5.84. The van der Waals surface area contributed by atoms with Gasteiger partial charge in [0.25, 0.3) is 0 Å². The van der Waals surface area contributed by atoms with Crippen LogP contribution in [0.2, 0.25) is 0 Å². The zero-order chi connectivity index (χ0) is 14.7. The lowest BCUT2D eigenvalue weighted by molar-refractivity contribution is -0.704. The minimum Gasteiger partial charge on any atom is -0.545 e. The fourth-order valence-electron chi connectivity index (χ4n) is 2.89. The van der Waals surface area contributed by atoms with Gasteiger partial charge in [-0.15, -0.1) is 0 Å². The molecule has 0 radical (unpaired) electrons. The summed E-state index contributed by atoms with van der Waals surface area (Å²) in [5.41, 5.74) is 1.06. The summed E-state index contributed by atoms with van der Waals surface area (Å²) in [6.07, 6.45) is 5.29. The van der Waals surface area contributed by atoms with Crippen LogP contribution in [0.1, 0.15) is 41.8 Å². The first-order valence-electron chi connectivity index (χ1n) is 7.46. The molecule has 21 heavy (non-hydrogen) atoms. The first kappa shape index (κ1) is 13.9. The van der Waals surface area contributed by atoms with E-state index in [1.807, 2.05) is 12.1 Å². The van der Waals surface area contributed by atoms with E-state index in [4.69, 9.17) is 4.42 Å². The lowest BCUT2D eigenvalue weighted by atomic mass is 10.1. The molecule has 1 heterocycles. The summed E-state index contributed by atoms with van der Waals surface area (Å²) >= 11 is 0. The highest BCUT2D eigenvalue weighted by Gasteiger charge is 2.18. The van der Waals surface area contributed by atoms with Gasteiger partial charge in [0.05, 0.1) is 12.0 Å². The molecule has 1 fully saturated rings. The van der Waals surface area contributed by atoms with E-state index in [-0.39, 0.29) is 5.56 Å². The van der Waals surface area contributed by atoms with Crippen molar-refractivity contribution in [2.24, 2.45) is 0 Å². The minimum atomic E-state index is -1.16. The fraction of sp³-hybridized carbons (Fsp3) is 0.353. The highest BCUT2D eigenvalue weighted by atomic mass is 16.4. The van der Waals surface area contributed by atoms with Crippen LogP contribution < -0.4 is 10.4 Å². The summed E-state index contributed by atoms with van der Waals surface area (Å²) in [5.74, 6) is 0.573. The smallest absolute Gasteiger partial charge is 0.158 e. The highest BCUT2D eigenvalue weighted by molar-refractivity contribution is 5.86. The molecule has 4 nitrogen and oxygen atoms in total. The predicted molar refractivity (Wildman–Crippen MR) is 76.4 cm³/mol. The molecule has 110 valence electrons. The third-order valence-electron chi connectivity index (χ3n) is 4.12. The van der Waals surface area contributed by atoms with Crippen LogP contribution in [0.15, 0.2) is 40.8 Å². The molecule has 1 aliphatic carbocycles. The molecular formula is C17H19NO3. The van der Waals surface area contributed by atoms with Crippen LogP contribution in [-0.2, 0) is 6.54 Å². The Labute approximate surface area is 123 Å². The molecule has 0 aliphatic heterocycles. The molecule has 2 N–H and O–H groups in total. The average molecular weight is 285 g/mol. The van der Waals surface area contributed by atoms with Crippen LogP contribution in [0, 0.1) is 0 Å². The third-order valence-corrected chi connectivity index (χ3v) is 4.12. The van der Waals surface area contributed by atoms with Crippen molar-refractivity contribution in [2.45, 2.75) is 38.3 Å². The number of carboxylic acids is 1. The van der Waals surface area contributed by atoms with Gasteiger partial charge in [0.1, 0.15) is 12.3 Å². The molecule has 3 rings (SSSR count). The molecule has 4 heteroatoms. The Hall–Kier alpha value is -2.07. The first-order chi connectivity index (χ1) is 10.2. The number of carboxylic acid groups (broad SMARTS) is 1. The summed E-state index contributed by atoms with van der Waals surface area (Å²) in [6, 6.07) is 11.2. The van der Waals surface area contributed by atoms with E-state index in [1.54, 1.807) is 12.1 Å². The molecule has 1 aliphatic rings. The number of hydrogen-bond acceptors (Lipinski definition) is 3. The molecule has 0 saturated heterocycles. The van der Waals surface area contributed by atoms with Crippen molar-refractivity contribution in [2.75, 3.05) is 0 Å². The number of nitrogens with two attached hydrogens (primary N) is 1. The van der Waals surface area contributed by atoms with Crippen molar-refractivity contribution in [3.05, 3.63) is 47.7 Å². The molecule has 0 amide bonds. The molecule has 0 atom stereocenters. The van der Waals surface area contributed by atoms with Crippen molar-refractivity contribution in [1.29, 1.82) is 0 Å². The van der Waals surface area contributed by atoms with Crippen molar-refractivity contribution in [1.82, 2.24) is 0 Å². The molecular weight excluding hydrogens is 266 g/mol. The largest absolute Gasteiger partial charge is 0.545 e. The topological polar surface area (TPSA) is 69.9 Å². The van der Waals surface area contributed by atoms with Crippen LogP contribution in [0.3, 0.4) is 0 Å². The van der Waals surface area contributed by atoms with E-state index in [1.165, 1.54) is 37.8 Å². The Balaban J connectivity index is 1.64. The van der Waals surface area contributed by atoms with Crippen molar-refractivity contribution in [3.63, 3.8) is 0 Å². The zero-order valence-corrected chi connectivity index (χ0v) is 11.9. The molecule has 1 aromatic carbocycles. The molecule has 1 saturated carbocycles. The van der Waals surface area contributed by atoms with Gasteiger partial charge < -0.3 is 19.6 Å². The van der Waals surface area contributed by atoms with E-state index in [9.17, 15) is 9.90 Å². The number of furan rings is 1. The van der Waals surface area contributed by atoms with Gasteiger partial charge in [0, 0.05) is 5.56 Å². The second-order valence-electron chi connectivity index (χ2n) is 5.62. The van der Waals surface area contributed by atoms with E-state index in [2.05, 4.69) is 5.32 Å². The summed E-state index contributed by atoms with van der Waals surface area (Å²) in [6.45, 7) is 0.863. The summed E-state index contributed by atoms with van der Waals surface area (Å²) in [7, 11) is 0. The van der Waals surface area contributed by atoms with Gasteiger partial charge in [-0.1, -0.05) is 24.3 Å². The van der Waals surface area contributed by atoms with Crippen LogP contribution in [0.4, 0.5) is 0 Å². The quantitative estimate of drug-likeness (QED) is 0.900. The van der Waals surface area contributed by atoms with Gasteiger partial charge in [-0.25, -0.2) is 0 Å². The third kappa shape index (κ3) is 3.34. The Kier molecular flexibility index (Phi) is 4.06. The van der Waals surface area contributed by atoms with Crippen LogP contribution in [0.25, 0.3) is 11.3 Å². The van der Waals surface area contributed by atoms with Crippen molar-refractivity contribution in [3.8, 4) is 11.3 Å². The molecule has 1 aromatic heterocycles. The Morgan fingerprint density at radius 2 is 1.86 bits per heavy atom. The molecule has 2 aromatic rings. The zero-order valence-electron chi connectivity index (χ0n) is 11.9. The van der Waals surface area contributed by atoms with Gasteiger partial charge >= 0.3 is 0 Å². The standard InChI is InChI=1S/C17H19NO3/c19-17(20)13-7-5-12(6-8-13)16-10-9-15(21-16)11-18-14-3-1-2-4-14/h5-10,14,18H,1-4,11H2,(H,19,20). The SMILES string of the molecule is O=C([O-])c1ccc(-c2ccc(C[NH2+]C3CCCC3)o2)cc1. The van der Waals surface area contributed by atoms with Crippen LogP contribution >= 0.6 is 0 Å². The molecule has 0 spiro atoms. The van der Waals surface area contributed by atoms with E-state index in [0.717, 1.165) is 29.7 Å². The summed E-state index contributed by atoms with van der Waals surface area (Å²) in [4.78, 5) is 10.7. The Morgan fingerprint density at radius 3 is 2.52 bits per heavy atom. The lowest BCUT2D eigenvalue weighted by Crippen LogP contribution is -2.87. The van der Waals surface area contributed by atoms with Gasteiger partial charge in [-0.3, -0.25) is 0 Å². The maximum absolute atomic E-state index is 10.7. The van der Waals surface area contributed by atoms with Crippen molar-refractivity contribution < 1.29 is 19.6 Å². The van der Waals surface area contributed by atoms with Gasteiger partial charge in [0.2, 0.25) is 0 Å². The maximum atomic E-state index is 10.7. The molecule has 0 bridgehead atoms. The summed E-state index contributed by atoms with van der Waals surface area (Å²) in [5, 5.41) is 13.1. The monoisotopic (exact) mass is 285 g/mol. The first-order valence-corrected chi connectivity index (χ1v) is 7.46. The number of quaternary nitrogens is 1. The maximum Gasteiger partial charge on any atom is 0.158 e. The number of benzene rings is 1. The predicted octanol–water partition coefficient (Wildman–Crippen LogP) is 1.32. The lowest BCUT2D eigenvalue weighted by Gasteiger charge is -2.06. The number of carbonyl (C=O) groups excluding carboxylic acids is 1. The van der Waals surface area contributed by atoms with E-state index >= 15 is 0 Å².